The fraction of sp³-hybridized carbons (Fsp3) is 0.182. The standard InChI is InChI=1S/C22H22O4/c1-5-17-7-11-19(12-8-17)21(23)25-15(3)16(4)26-22(24)20-13-9-18(6-2)10-14-20/h5-16H,1-2H2,3-4H3/t15-,16-/m0/s1. The first-order valence-corrected chi connectivity index (χ1v) is 8.31. The Morgan fingerprint density at radius 1 is 0.731 bits per heavy atom. The van der Waals surface area contributed by atoms with Crippen LogP contribution < -0.4 is 0 Å². The van der Waals surface area contributed by atoms with Crippen LogP contribution in [0.1, 0.15) is 45.7 Å². The van der Waals surface area contributed by atoms with Crippen LogP contribution in [-0.2, 0) is 9.47 Å². The minimum atomic E-state index is -0.585. The molecule has 0 bridgehead atoms. The zero-order valence-corrected chi connectivity index (χ0v) is 15.0. The molecule has 0 spiro atoms. The van der Waals surface area contributed by atoms with Crippen molar-refractivity contribution in [1.29, 1.82) is 0 Å². The maximum atomic E-state index is 12.2. The molecular weight excluding hydrogens is 328 g/mol. The number of benzene rings is 2. The maximum Gasteiger partial charge on any atom is 0.338 e. The first-order valence-electron chi connectivity index (χ1n) is 8.31. The van der Waals surface area contributed by atoms with Crippen LogP contribution in [0, 0.1) is 0 Å². The molecule has 0 N–H and O–H groups in total. The zero-order chi connectivity index (χ0) is 19.1. The number of hydrogen-bond acceptors (Lipinski definition) is 4. The summed E-state index contributed by atoms with van der Waals surface area (Å²) in [6, 6.07) is 13.8. The summed E-state index contributed by atoms with van der Waals surface area (Å²) >= 11 is 0. The summed E-state index contributed by atoms with van der Waals surface area (Å²) in [6.45, 7) is 10.7. The molecule has 4 heteroatoms. The predicted octanol–water partition coefficient (Wildman–Crippen LogP) is 4.76. The first kappa shape index (κ1) is 19.2. The van der Waals surface area contributed by atoms with E-state index in [-0.39, 0.29) is 0 Å². The van der Waals surface area contributed by atoms with Gasteiger partial charge in [0.15, 0.2) is 0 Å². The molecule has 0 unspecified atom stereocenters. The quantitative estimate of drug-likeness (QED) is 0.675. The summed E-state index contributed by atoms with van der Waals surface area (Å²) < 4.78 is 10.8. The van der Waals surface area contributed by atoms with E-state index in [1.165, 1.54) is 0 Å². The smallest absolute Gasteiger partial charge is 0.338 e. The molecule has 0 aliphatic rings. The summed E-state index contributed by atoms with van der Waals surface area (Å²) in [4.78, 5) is 24.4. The van der Waals surface area contributed by atoms with E-state index in [4.69, 9.17) is 9.47 Å². The van der Waals surface area contributed by atoms with E-state index in [0.717, 1.165) is 11.1 Å². The molecule has 134 valence electrons. The molecule has 2 aromatic carbocycles. The lowest BCUT2D eigenvalue weighted by Gasteiger charge is -2.21. The molecule has 2 rings (SSSR count). The molecule has 0 saturated heterocycles. The molecule has 0 aromatic heterocycles. The lowest BCUT2D eigenvalue weighted by molar-refractivity contribution is -0.0239. The van der Waals surface area contributed by atoms with Gasteiger partial charge in [0.2, 0.25) is 0 Å². The van der Waals surface area contributed by atoms with Gasteiger partial charge in [0, 0.05) is 0 Å². The van der Waals surface area contributed by atoms with Crippen LogP contribution in [0.15, 0.2) is 61.7 Å². The van der Waals surface area contributed by atoms with Gasteiger partial charge in [-0.2, -0.15) is 0 Å². The van der Waals surface area contributed by atoms with E-state index in [1.54, 1.807) is 74.5 Å². The van der Waals surface area contributed by atoms with E-state index in [2.05, 4.69) is 13.2 Å². The van der Waals surface area contributed by atoms with E-state index in [1.807, 2.05) is 0 Å². The van der Waals surface area contributed by atoms with E-state index >= 15 is 0 Å². The van der Waals surface area contributed by atoms with Crippen LogP contribution in [0.4, 0.5) is 0 Å². The topological polar surface area (TPSA) is 52.6 Å². The fourth-order valence-corrected chi connectivity index (χ4v) is 2.18. The molecular formula is C22H22O4. The number of rotatable bonds is 7. The zero-order valence-electron chi connectivity index (χ0n) is 15.0. The Hall–Kier alpha value is -3.14. The van der Waals surface area contributed by atoms with Gasteiger partial charge in [-0.3, -0.25) is 0 Å². The Balaban J connectivity index is 1.93. The van der Waals surface area contributed by atoms with Gasteiger partial charge in [0.1, 0.15) is 12.2 Å². The van der Waals surface area contributed by atoms with Gasteiger partial charge < -0.3 is 9.47 Å². The Kier molecular flexibility index (Phi) is 6.50. The largest absolute Gasteiger partial charge is 0.455 e. The summed E-state index contributed by atoms with van der Waals surface area (Å²) in [5.41, 5.74) is 2.70. The van der Waals surface area contributed by atoms with Crippen LogP contribution in [0.5, 0.6) is 0 Å². The van der Waals surface area contributed by atoms with Crippen molar-refractivity contribution in [2.45, 2.75) is 26.1 Å². The fourth-order valence-electron chi connectivity index (χ4n) is 2.18. The molecule has 0 fully saturated rings. The SMILES string of the molecule is C=Cc1ccc(C(=O)O[C@@H](C)[C@H](C)OC(=O)c2ccc(C=C)cc2)cc1. The summed E-state index contributed by atoms with van der Waals surface area (Å²) in [6.07, 6.45) is 2.22. The number of esters is 2. The van der Waals surface area contributed by atoms with Crippen molar-refractivity contribution in [1.82, 2.24) is 0 Å². The van der Waals surface area contributed by atoms with Gasteiger partial charge in [0.05, 0.1) is 11.1 Å². The molecule has 0 saturated carbocycles. The van der Waals surface area contributed by atoms with Gasteiger partial charge in [-0.25, -0.2) is 9.59 Å². The highest BCUT2D eigenvalue weighted by Gasteiger charge is 2.22. The third-order valence-corrected chi connectivity index (χ3v) is 4.01. The van der Waals surface area contributed by atoms with Crippen LogP contribution in [-0.4, -0.2) is 24.1 Å². The predicted molar refractivity (Wildman–Crippen MR) is 103 cm³/mol. The second kappa shape index (κ2) is 8.81. The molecule has 26 heavy (non-hydrogen) atoms. The minimum absolute atomic E-state index is 0.431. The molecule has 0 amide bonds. The van der Waals surface area contributed by atoms with Gasteiger partial charge in [-0.1, -0.05) is 49.6 Å². The number of carbonyl (C=O) groups excluding carboxylic acids is 2. The number of ether oxygens (including phenoxy) is 2. The van der Waals surface area contributed by atoms with Crippen molar-refractivity contribution in [2.24, 2.45) is 0 Å². The van der Waals surface area contributed by atoms with Crippen LogP contribution in [0.3, 0.4) is 0 Å². The third-order valence-electron chi connectivity index (χ3n) is 4.01. The minimum Gasteiger partial charge on any atom is -0.455 e. The molecule has 0 aliphatic heterocycles. The van der Waals surface area contributed by atoms with Crippen LogP contribution in [0.25, 0.3) is 12.2 Å². The monoisotopic (exact) mass is 350 g/mol. The van der Waals surface area contributed by atoms with Gasteiger partial charge in [-0.15, -0.1) is 0 Å². The van der Waals surface area contributed by atoms with Crippen molar-refractivity contribution in [2.75, 3.05) is 0 Å². The van der Waals surface area contributed by atoms with Crippen molar-refractivity contribution in [3.8, 4) is 0 Å². The van der Waals surface area contributed by atoms with E-state index in [0.29, 0.717) is 11.1 Å². The van der Waals surface area contributed by atoms with Crippen molar-refractivity contribution < 1.29 is 19.1 Å². The lowest BCUT2D eigenvalue weighted by atomic mass is 10.1. The molecule has 0 aliphatic carbocycles. The maximum absolute atomic E-state index is 12.2. The summed E-state index contributed by atoms with van der Waals surface area (Å²) in [7, 11) is 0. The number of hydrogen-bond donors (Lipinski definition) is 0. The van der Waals surface area contributed by atoms with Crippen molar-refractivity contribution in [3.05, 3.63) is 83.9 Å². The van der Waals surface area contributed by atoms with E-state index in [9.17, 15) is 9.59 Å². The average molecular weight is 350 g/mol. The van der Waals surface area contributed by atoms with Crippen LogP contribution >= 0.6 is 0 Å². The second-order valence-electron chi connectivity index (χ2n) is 5.87. The highest BCUT2D eigenvalue weighted by Crippen LogP contribution is 2.13. The molecule has 0 radical (unpaired) electrons. The Morgan fingerprint density at radius 2 is 1.04 bits per heavy atom. The summed E-state index contributed by atoms with van der Waals surface area (Å²) in [5.74, 6) is -0.933. The number of carbonyl (C=O) groups is 2. The normalized spacial score (nSPS) is 12.5. The average Bonchev–Trinajstić information content (AvgIpc) is 2.67. The Bertz CT molecular complexity index is 718. The van der Waals surface area contributed by atoms with E-state index < -0.39 is 24.1 Å². The summed E-state index contributed by atoms with van der Waals surface area (Å²) in [5, 5.41) is 0. The molecule has 0 heterocycles. The van der Waals surface area contributed by atoms with Crippen LogP contribution in [0.2, 0.25) is 0 Å². The highest BCUT2D eigenvalue weighted by molar-refractivity contribution is 5.90. The lowest BCUT2D eigenvalue weighted by Crippen LogP contribution is -2.30. The first-order chi connectivity index (χ1) is 12.4. The highest BCUT2D eigenvalue weighted by atomic mass is 16.6. The molecule has 4 nitrogen and oxygen atoms in total. The van der Waals surface area contributed by atoms with Gasteiger partial charge in [-0.05, 0) is 49.2 Å². The molecule has 2 atom stereocenters. The second-order valence-corrected chi connectivity index (χ2v) is 5.87. The van der Waals surface area contributed by atoms with Gasteiger partial charge in [0.25, 0.3) is 0 Å². The van der Waals surface area contributed by atoms with Crippen molar-refractivity contribution >= 4 is 24.1 Å². The third kappa shape index (κ3) is 4.93. The molecule has 2 aromatic rings. The Labute approximate surface area is 153 Å². The van der Waals surface area contributed by atoms with Gasteiger partial charge >= 0.3 is 11.9 Å². The van der Waals surface area contributed by atoms with Crippen molar-refractivity contribution in [3.63, 3.8) is 0 Å². The Morgan fingerprint density at radius 3 is 1.31 bits per heavy atom.